The number of rotatable bonds is 3. The second-order valence-corrected chi connectivity index (χ2v) is 5.67. The number of para-hydroxylation sites is 1. The van der Waals surface area contributed by atoms with Crippen LogP contribution in [0.25, 0.3) is 10.9 Å². The highest BCUT2D eigenvalue weighted by atomic mass is 16.3. The van der Waals surface area contributed by atoms with Crippen molar-refractivity contribution < 1.29 is 10.2 Å². The van der Waals surface area contributed by atoms with Gasteiger partial charge in [0.05, 0.1) is 0 Å². The molecule has 4 nitrogen and oxygen atoms in total. The third-order valence-electron chi connectivity index (χ3n) is 4.29. The van der Waals surface area contributed by atoms with Crippen molar-refractivity contribution in [2.75, 3.05) is 13.1 Å². The molecule has 0 spiro atoms. The number of hydrogen-bond acceptors (Lipinski definition) is 3. The van der Waals surface area contributed by atoms with Crippen LogP contribution in [-0.4, -0.2) is 39.0 Å². The van der Waals surface area contributed by atoms with E-state index < -0.39 is 12.3 Å². The van der Waals surface area contributed by atoms with Crippen LogP contribution in [0.15, 0.2) is 30.5 Å². The number of fused-ring (bicyclic) bond motifs is 1. The molecule has 2 aromatic rings. The highest BCUT2D eigenvalue weighted by Gasteiger charge is 2.28. The molecular formula is C16H22N2O2. The Morgan fingerprint density at radius 2 is 1.75 bits per heavy atom. The molecule has 1 aliphatic heterocycles. The van der Waals surface area contributed by atoms with Gasteiger partial charge in [-0.15, -0.1) is 0 Å². The Balaban J connectivity index is 1.89. The third kappa shape index (κ3) is 2.35. The van der Waals surface area contributed by atoms with E-state index in [1.165, 1.54) is 6.42 Å². The van der Waals surface area contributed by atoms with Crippen molar-refractivity contribution in [1.29, 1.82) is 0 Å². The average Bonchev–Trinajstić information content (AvgIpc) is 2.84. The van der Waals surface area contributed by atoms with Crippen molar-refractivity contribution in [3.8, 4) is 0 Å². The standard InChI is InChI=1S/C16H22N2O2/c1-17-11-13(12-7-3-4-8-14(12)17)15(19)16(20)18-9-5-2-6-10-18/h3-4,7-8,11,15-16,19-20H,2,5-6,9-10H2,1H3. The van der Waals surface area contributed by atoms with Gasteiger partial charge in [-0.2, -0.15) is 0 Å². The van der Waals surface area contributed by atoms with Crippen molar-refractivity contribution in [2.45, 2.75) is 31.6 Å². The molecule has 1 aromatic carbocycles. The minimum Gasteiger partial charge on any atom is -0.384 e. The molecule has 1 saturated heterocycles. The normalized spacial score (nSPS) is 20.1. The summed E-state index contributed by atoms with van der Waals surface area (Å²) >= 11 is 0. The second kappa shape index (κ2) is 5.56. The quantitative estimate of drug-likeness (QED) is 0.900. The average molecular weight is 274 g/mol. The van der Waals surface area contributed by atoms with Crippen LogP contribution < -0.4 is 0 Å². The predicted molar refractivity (Wildman–Crippen MR) is 79.3 cm³/mol. The second-order valence-electron chi connectivity index (χ2n) is 5.67. The Morgan fingerprint density at radius 3 is 2.50 bits per heavy atom. The summed E-state index contributed by atoms with van der Waals surface area (Å²) in [7, 11) is 1.96. The number of nitrogens with zero attached hydrogens (tertiary/aromatic N) is 2. The minimum absolute atomic E-state index is 0.807. The van der Waals surface area contributed by atoms with Crippen LogP contribution in [0.1, 0.15) is 30.9 Å². The first-order valence-corrected chi connectivity index (χ1v) is 7.32. The predicted octanol–water partition coefficient (Wildman–Crippen LogP) is 2.02. The van der Waals surface area contributed by atoms with Crippen molar-refractivity contribution in [1.82, 2.24) is 9.47 Å². The molecule has 1 aromatic heterocycles. The summed E-state index contributed by atoms with van der Waals surface area (Å²) in [6.45, 7) is 1.73. The van der Waals surface area contributed by atoms with E-state index in [4.69, 9.17) is 0 Å². The number of aromatic nitrogens is 1. The van der Waals surface area contributed by atoms with E-state index in [0.717, 1.165) is 42.4 Å². The first kappa shape index (κ1) is 13.6. The molecule has 2 atom stereocenters. The van der Waals surface area contributed by atoms with E-state index >= 15 is 0 Å². The molecule has 2 heterocycles. The fourth-order valence-corrected chi connectivity index (χ4v) is 3.15. The van der Waals surface area contributed by atoms with E-state index in [2.05, 4.69) is 0 Å². The fourth-order valence-electron chi connectivity index (χ4n) is 3.15. The molecule has 2 N–H and O–H groups in total. The van der Waals surface area contributed by atoms with Crippen LogP contribution in [0, 0.1) is 0 Å². The topological polar surface area (TPSA) is 48.6 Å². The number of aliphatic hydroxyl groups is 2. The van der Waals surface area contributed by atoms with Gasteiger partial charge in [0.2, 0.25) is 0 Å². The molecule has 0 aliphatic carbocycles. The summed E-state index contributed by atoms with van der Waals surface area (Å²) in [6, 6.07) is 7.97. The molecule has 1 fully saturated rings. The van der Waals surface area contributed by atoms with Gasteiger partial charge in [0.15, 0.2) is 0 Å². The minimum atomic E-state index is -0.862. The number of hydrogen-bond donors (Lipinski definition) is 2. The Morgan fingerprint density at radius 1 is 1.05 bits per heavy atom. The Kier molecular flexibility index (Phi) is 3.78. The maximum absolute atomic E-state index is 10.5. The van der Waals surface area contributed by atoms with E-state index in [1.54, 1.807) is 0 Å². The van der Waals surface area contributed by atoms with Crippen molar-refractivity contribution in [3.05, 3.63) is 36.0 Å². The lowest BCUT2D eigenvalue weighted by Crippen LogP contribution is -2.42. The summed E-state index contributed by atoms with van der Waals surface area (Å²) in [6.07, 6.45) is 3.65. The SMILES string of the molecule is Cn1cc(C(O)C(O)N2CCCCC2)c2ccccc21. The molecule has 108 valence electrons. The summed E-state index contributed by atoms with van der Waals surface area (Å²) in [4.78, 5) is 1.98. The Labute approximate surface area is 119 Å². The van der Waals surface area contributed by atoms with Crippen molar-refractivity contribution in [3.63, 3.8) is 0 Å². The molecule has 20 heavy (non-hydrogen) atoms. The van der Waals surface area contributed by atoms with Crippen LogP contribution in [0.4, 0.5) is 0 Å². The molecule has 2 unspecified atom stereocenters. The Hall–Kier alpha value is -1.36. The van der Waals surface area contributed by atoms with Gasteiger partial charge in [0, 0.05) is 42.8 Å². The third-order valence-corrected chi connectivity index (χ3v) is 4.29. The lowest BCUT2D eigenvalue weighted by atomic mass is 10.0. The maximum Gasteiger partial charge on any atom is 0.137 e. The van der Waals surface area contributed by atoms with E-state index in [1.807, 2.05) is 47.0 Å². The first-order valence-electron chi connectivity index (χ1n) is 7.32. The fraction of sp³-hybridized carbons (Fsp3) is 0.500. The zero-order valence-electron chi connectivity index (χ0n) is 11.9. The lowest BCUT2D eigenvalue weighted by molar-refractivity contribution is -0.0907. The van der Waals surface area contributed by atoms with Gasteiger partial charge < -0.3 is 14.8 Å². The van der Waals surface area contributed by atoms with Crippen LogP contribution in [0.3, 0.4) is 0 Å². The van der Waals surface area contributed by atoms with Gasteiger partial charge in [0.25, 0.3) is 0 Å². The van der Waals surface area contributed by atoms with Crippen molar-refractivity contribution in [2.24, 2.45) is 7.05 Å². The zero-order chi connectivity index (χ0) is 14.1. The molecule has 0 saturated carbocycles. The highest BCUT2D eigenvalue weighted by molar-refractivity contribution is 5.84. The summed E-state index contributed by atoms with van der Waals surface area (Å²) < 4.78 is 2.00. The maximum atomic E-state index is 10.5. The van der Waals surface area contributed by atoms with Crippen LogP contribution in [0.2, 0.25) is 0 Å². The van der Waals surface area contributed by atoms with Crippen LogP contribution in [0.5, 0.6) is 0 Å². The number of aryl methyl sites for hydroxylation is 1. The molecule has 0 amide bonds. The zero-order valence-corrected chi connectivity index (χ0v) is 11.9. The summed E-state index contributed by atoms with van der Waals surface area (Å²) in [5, 5.41) is 22.0. The molecule has 0 bridgehead atoms. The van der Waals surface area contributed by atoms with Gasteiger partial charge in [-0.25, -0.2) is 0 Å². The van der Waals surface area contributed by atoms with Gasteiger partial charge in [-0.05, 0) is 18.9 Å². The Bertz CT molecular complexity index is 587. The van der Waals surface area contributed by atoms with E-state index in [9.17, 15) is 10.2 Å². The monoisotopic (exact) mass is 274 g/mol. The van der Waals surface area contributed by atoms with E-state index in [0.29, 0.717) is 0 Å². The van der Waals surface area contributed by atoms with Crippen LogP contribution >= 0.6 is 0 Å². The molecule has 4 heteroatoms. The van der Waals surface area contributed by atoms with Crippen LogP contribution in [-0.2, 0) is 7.05 Å². The number of benzene rings is 1. The lowest BCUT2D eigenvalue weighted by Gasteiger charge is -2.33. The van der Waals surface area contributed by atoms with Gasteiger partial charge in [0.1, 0.15) is 12.3 Å². The van der Waals surface area contributed by atoms with E-state index in [-0.39, 0.29) is 0 Å². The molecule has 0 radical (unpaired) electrons. The molecule has 3 rings (SSSR count). The first-order chi connectivity index (χ1) is 9.68. The number of aliphatic hydroxyl groups excluding tert-OH is 2. The molecule has 1 aliphatic rings. The van der Waals surface area contributed by atoms with Gasteiger partial charge in [-0.3, -0.25) is 4.90 Å². The number of likely N-dealkylation sites (tertiary alicyclic amines) is 1. The van der Waals surface area contributed by atoms with Gasteiger partial charge in [-0.1, -0.05) is 24.6 Å². The number of piperidine rings is 1. The molecular weight excluding hydrogens is 252 g/mol. The van der Waals surface area contributed by atoms with Crippen molar-refractivity contribution >= 4 is 10.9 Å². The highest BCUT2D eigenvalue weighted by Crippen LogP contribution is 2.29. The summed E-state index contributed by atoms with van der Waals surface area (Å²) in [5.74, 6) is 0. The van der Waals surface area contributed by atoms with Gasteiger partial charge >= 0.3 is 0 Å². The largest absolute Gasteiger partial charge is 0.384 e. The summed E-state index contributed by atoms with van der Waals surface area (Å²) in [5.41, 5.74) is 1.88. The smallest absolute Gasteiger partial charge is 0.137 e.